The Kier molecular flexibility index (Phi) is 6.75. The van der Waals surface area contributed by atoms with Crippen molar-refractivity contribution < 1.29 is 18.9 Å². The van der Waals surface area contributed by atoms with Crippen LogP contribution in [-0.4, -0.2) is 20.3 Å². The van der Waals surface area contributed by atoms with Gasteiger partial charge in [-0.25, -0.2) is 0 Å². The van der Waals surface area contributed by atoms with Gasteiger partial charge in [-0.05, 0) is 113 Å². The summed E-state index contributed by atoms with van der Waals surface area (Å²) in [6.07, 6.45) is 0. The number of hydrogen-bond donors (Lipinski definition) is 0. The number of anilines is 6. The molecule has 0 atom stereocenters. The lowest BCUT2D eigenvalue weighted by molar-refractivity contribution is 0.173. The fourth-order valence-electron chi connectivity index (χ4n) is 8.75. The monoisotopic (exact) mass is 718 g/mol. The van der Waals surface area contributed by atoms with E-state index in [0.29, 0.717) is 0 Å². The van der Waals surface area contributed by atoms with Crippen LogP contribution in [0.2, 0.25) is 0 Å². The van der Waals surface area contributed by atoms with Crippen molar-refractivity contribution in [2.24, 2.45) is 0 Å². The highest BCUT2D eigenvalue weighted by Gasteiger charge is 2.47. The zero-order valence-electron chi connectivity index (χ0n) is 31.9. The molecule has 5 heterocycles. The molecular weight excluding hydrogens is 675 g/mol. The molecule has 266 valence electrons. The fraction of sp³-hybridized carbons (Fsp3) is 0.289. The fourth-order valence-corrected chi connectivity index (χ4v) is 10.0. The summed E-state index contributed by atoms with van der Waals surface area (Å²) in [5, 5.41) is 1.30. The summed E-state index contributed by atoms with van der Waals surface area (Å²) < 4.78 is 26.4. The van der Waals surface area contributed by atoms with Crippen molar-refractivity contribution >= 4 is 78.0 Å². The zero-order chi connectivity index (χ0) is 36.7. The first-order chi connectivity index (χ1) is 25.3. The number of rotatable bonds is 2. The molecule has 1 aromatic heterocycles. The largest absolute Gasteiger partial charge is 0.454 e. The molecule has 0 fully saturated rings. The van der Waals surface area contributed by atoms with E-state index in [-0.39, 0.29) is 31.1 Å². The number of benzene rings is 5. The Balaban J connectivity index is 1.33. The number of fused-ring (bicyclic) bond motifs is 8. The Bertz CT molecular complexity index is 2540. The quantitative estimate of drug-likeness (QED) is 0.166. The van der Waals surface area contributed by atoms with E-state index in [1.165, 1.54) is 70.7 Å². The van der Waals surface area contributed by atoms with Crippen molar-refractivity contribution in [1.82, 2.24) is 0 Å². The van der Waals surface area contributed by atoms with Crippen LogP contribution in [0.1, 0.15) is 69.4 Å². The molecule has 0 saturated carbocycles. The van der Waals surface area contributed by atoms with Gasteiger partial charge < -0.3 is 28.7 Å². The van der Waals surface area contributed by atoms with E-state index in [1.807, 2.05) is 17.4 Å². The smallest absolute Gasteiger partial charge is 0.264 e. The highest BCUT2D eigenvalue weighted by Crippen LogP contribution is 2.52. The maximum atomic E-state index is 6.09. The van der Waals surface area contributed by atoms with Crippen LogP contribution in [0, 0.1) is 20.8 Å². The van der Waals surface area contributed by atoms with Crippen LogP contribution < -0.4 is 44.4 Å². The van der Waals surface area contributed by atoms with E-state index in [4.69, 9.17) is 18.9 Å². The number of aryl methyl sites for hydroxylation is 3. The summed E-state index contributed by atoms with van der Waals surface area (Å²) >= 11 is 1.92. The summed E-state index contributed by atoms with van der Waals surface area (Å²) in [7, 11) is 0. The van der Waals surface area contributed by atoms with Gasteiger partial charge in [-0.1, -0.05) is 59.7 Å². The van der Waals surface area contributed by atoms with E-state index in [1.54, 1.807) is 0 Å². The molecule has 0 amide bonds. The molecular formula is C45H43BN2O4S. The second-order valence-corrected chi connectivity index (χ2v) is 18.2. The molecule has 5 aromatic carbocycles. The lowest BCUT2D eigenvalue weighted by atomic mass is 9.36. The molecule has 0 saturated heterocycles. The standard InChI is InChI=1S/C45H43BN2O4S/c1-24-14-33-40-34(15-24)48(41-25(2)16-28(17-26(41)3)45(7,8)9)42-30-18-27(44(4,5)6)10-13-39(30)53-43(42)46(40)31-20-37-38(52-23-51-37)21-32(31)47(33)29-11-12-35-36(19-29)50-22-49-35/h10-21H,22-23H2,1-9H3. The van der Waals surface area contributed by atoms with Crippen LogP contribution >= 0.6 is 11.3 Å². The van der Waals surface area contributed by atoms with E-state index in [0.717, 1.165) is 40.1 Å². The average molecular weight is 719 g/mol. The van der Waals surface area contributed by atoms with Gasteiger partial charge in [-0.3, -0.25) is 0 Å². The van der Waals surface area contributed by atoms with Crippen LogP contribution in [0.4, 0.5) is 34.1 Å². The first kappa shape index (κ1) is 32.6. The van der Waals surface area contributed by atoms with Crippen LogP contribution in [0.5, 0.6) is 23.0 Å². The van der Waals surface area contributed by atoms with Crippen molar-refractivity contribution in [3.63, 3.8) is 0 Å². The van der Waals surface area contributed by atoms with Crippen LogP contribution in [-0.2, 0) is 10.8 Å². The SMILES string of the molecule is Cc1cc2c3c(c1)N(c1c(C)cc(C(C)(C)C)cc1C)c1c(sc4ccc(C(C)(C)C)cc14)B3c1cc3c(cc1N2c1ccc2c(c1)OCO2)OCO3. The highest BCUT2D eigenvalue weighted by atomic mass is 32.1. The van der Waals surface area contributed by atoms with Gasteiger partial charge in [0, 0.05) is 44.1 Å². The molecule has 0 unspecified atom stereocenters. The van der Waals surface area contributed by atoms with Crippen molar-refractivity contribution in [2.75, 3.05) is 23.4 Å². The molecule has 4 aliphatic heterocycles. The summed E-state index contributed by atoms with van der Waals surface area (Å²) in [4.78, 5) is 4.99. The lowest BCUT2D eigenvalue weighted by Gasteiger charge is -2.44. The predicted molar refractivity (Wildman–Crippen MR) is 220 cm³/mol. The van der Waals surface area contributed by atoms with Crippen molar-refractivity contribution in [2.45, 2.75) is 73.1 Å². The van der Waals surface area contributed by atoms with Gasteiger partial charge in [-0.2, -0.15) is 0 Å². The Morgan fingerprint density at radius 2 is 1.21 bits per heavy atom. The molecule has 0 spiro atoms. The molecule has 10 rings (SSSR count). The third-order valence-electron chi connectivity index (χ3n) is 11.4. The molecule has 6 aromatic rings. The van der Waals surface area contributed by atoms with Crippen LogP contribution in [0.15, 0.2) is 72.8 Å². The molecule has 0 radical (unpaired) electrons. The van der Waals surface area contributed by atoms with Crippen molar-refractivity contribution in [1.29, 1.82) is 0 Å². The van der Waals surface area contributed by atoms with Gasteiger partial charge in [0.2, 0.25) is 13.6 Å². The van der Waals surface area contributed by atoms with Crippen LogP contribution in [0.25, 0.3) is 10.1 Å². The number of ether oxygens (including phenoxy) is 4. The van der Waals surface area contributed by atoms with Crippen molar-refractivity contribution in [3.8, 4) is 23.0 Å². The Labute approximate surface area is 315 Å². The minimum Gasteiger partial charge on any atom is -0.454 e. The van der Waals surface area contributed by atoms with E-state index >= 15 is 0 Å². The van der Waals surface area contributed by atoms with Gasteiger partial charge in [-0.15, -0.1) is 11.3 Å². The summed E-state index contributed by atoms with van der Waals surface area (Å²) in [6, 6.07) is 27.3. The minimum atomic E-state index is -0.0217. The molecule has 8 heteroatoms. The number of nitrogens with zero attached hydrogens (tertiary/aromatic N) is 2. The lowest BCUT2D eigenvalue weighted by Crippen LogP contribution is -2.60. The maximum absolute atomic E-state index is 6.09. The molecule has 4 aliphatic rings. The maximum Gasteiger partial charge on any atom is 0.264 e. The zero-order valence-corrected chi connectivity index (χ0v) is 32.7. The van der Waals surface area contributed by atoms with E-state index in [2.05, 4.69) is 139 Å². The Morgan fingerprint density at radius 1 is 0.585 bits per heavy atom. The molecule has 53 heavy (non-hydrogen) atoms. The molecule has 0 bridgehead atoms. The summed E-state index contributed by atoms with van der Waals surface area (Å²) in [5.41, 5.74) is 15.9. The third-order valence-corrected chi connectivity index (χ3v) is 12.6. The van der Waals surface area contributed by atoms with E-state index in [9.17, 15) is 0 Å². The van der Waals surface area contributed by atoms with Gasteiger partial charge >= 0.3 is 0 Å². The van der Waals surface area contributed by atoms with Gasteiger partial charge in [0.1, 0.15) is 0 Å². The first-order valence-electron chi connectivity index (χ1n) is 18.5. The van der Waals surface area contributed by atoms with Gasteiger partial charge in [0.05, 0.1) is 17.1 Å². The topological polar surface area (TPSA) is 43.4 Å². The second kappa shape index (κ2) is 11.0. The van der Waals surface area contributed by atoms with Crippen LogP contribution in [0.3, 0.4) is 0 Å². The molecule has 0 N–H and O–H groups in total. The first-order valence-corrected chi connectivity index (χ1v) is 19.3. The predicted octanol–water partition coefficient (Wildman–Crippen LogP) is 9.96. The Hall–Kier alpha value is -5.08. The molecule has 0 aliphatic carbocycles. The third kappa shape index (κ3) is 4.77. The second-order valence-electron chi connectivity index (χ2n) is 17.1. The normalized spacial score (nSPS) is 15.2. The summed E-state index contributed by atoms with van der Waals surface area (Å²) in [6.45, 7) is 21.0. The average Bonchev–Trinajstić information content (AvgIpc) is 3.85. The van der Waals surface area contributed by atoms with Gasteiger partial charge in [0.25, 0.3) is 6.71 Å². The highest BCUT2D eigenvalue weighted by molar-refractivity contribution is 7.33. The van der Waals surface area contributed by atoms with Crippen molar-refractivity contribution in [3.05, 3.63) is 101 Å². The number of thiophene rings is 1. The molecule has 6 nitrogen and oxygen atoms in total. The van der Waals surface area contributed by atoms with Gasteiger partial charge in [0.15, 0.2) is 23.0 Å². The summed E-state index contributed by atoms with van der Waals surface area (Å²) in [5.74, 6) is 3.07. The van der Waals surface area contributed by atoms with E-state index < -0.39 is 0 Å². The minimum absolute atomic E-state index is 0.00477. The Morgan fingerprint density at radius 3 is 1.89 bits per heavy atom. The number of hydrogen-bond acceptors (Lipinski definition) is 7.